The molecule has 0 spiro atoms. The maximum Gasteiger partial charge on any atom is 0.0643 e. The average Bonchev–Trinajstić information content (AvgIpc) is 2.74. The molecule has 2 nitrogen and oxygen atoms in total. The van der Waals surface area contributed by atoms with Crippen molar-refractivity contribution in [1.29, 1.82) is 0 Å². The van der Waals surface area contributed by atoms with Gasteiger partial charge in [-0.15, -0.1) is 0 Å². The lowest BCUT2D eigenvalue weighted by Crippen LogP contribution is -2.42. The van der Waals surface area contributed by atoms with Gasteiger partial charge >= 0.3 is 0 Å². The fourth-order valence-electron chi connectivity index (χ4n) is 4.07. The molecule has 0 bridgehead atoms. The van der Waals surface area contributed by atoms with Gasteiger partial charge < -0.3 is 5.11 Å². The van der Waals surface area contributed by atoms with E-state index in [2.05, 4.69) is 34.6 Å². The lowest BCUT2D eigenvalue weighted by Gasteiger charge is -2.39. The molecule has 20 heavy (non-hydrogen) atoms. The molecule has 2 atom stereocenters. The molecule has 1 N–H and O–H groups in total. The van der Waals surface area contributed by atoms with Gasteiger partial charge in [-0.25, -0.2) is 0 Å². The summed E-state index contributed by atoms with van der Waals surface area (Å²) in [5.74, 6) is 0.621. The summed E-state index contributed by atoms with van der Waals surface area (Å²) in [6.07, 6.45) is 1.89. The van der Waals surface area contributed by atoms with Crippen LogP contribution in [0.2, 0.25) is 23.7 Å². The molecule has 1 aliphatic heterocycles. The Balaban J connectivity index is 2.99. The Hall–Kier alpha value is -0.153. The maximum absolute atomic E-state index is 10.1. The molecular weight excluding hydrogens is 262 g/mol. The molecule has 118 valence electrons. The van der Waals surface area contributed by atoms with Crippen LogP contribution in [-0.2, 0) is 0 Å². The second-order valence-electron chi connectivity index (χ2n) is 7.65. The van der Waals surface area contributed by atoms with E-state index in [0.29, 0.717) is 12.0 Å². The second-order valence-corrected chi connectivity index (χ2v) is 13.2. The molecule has 0 unspecified atom stereocenters. The van der Waals surface area contributed by atoms with Crippen LogP contribution in [0.1, 0.15) is 61.3 Å². The van der Waals surface area contributed by atoms with Crippen molar-refractivity contribution in [3.8, 4) is 0 Å². The summed E-state index contributed by atoms with van der Waals surface area (Å²) in [7, 11) is -1.22. The highest BCUT2D eigenvalue weighted by Crippen LogP contribution is 2.45. The fourth-order valence-corrected chi connectivity index (χ4v) is 9.00. The summed E-state index contributed by atoms with van der Waals surface area (Å²) in [6, 6.07) is 4.62. The zero-order valence-corrected chi connectivity index (χ0v) is 15.7. The van der Waals surface area contributed by atoms with Gasteiger partial charge in [0, 0.05) is 12.1 Å². The fraction of sp³-hybridized carbons (Fsp3) is 0.941. The van der Waals surface area contributed by atoms with E-state index in [1.165, 1.54) is 23.8 Å². The largest absolute Gasteiger partial charge is 0.390 e. The minimum atomic E-state index is -1.22. The van der Waals surface area contributed by atoms with E-state index in [0.717, 1.165) is 18.4 Å². The van der Waals surface area contributed by atoms with E-state index >= 15 is 0 Å². The molecule has 0 saturated carbocycles. The summed E-state index contributed by atoms with van der Waals surface area (Å²) >= 11 is 0. The SMILES string of the molecule is CC[Si](CC)(CC)[C@H]1CC(CC(C)(C)O)=N[C@@H]1C(C)C. The predicted octanol–water partition coefficient (Wildman–Crippen LogP) is 4.90. The molecular formula is C17H35NOSi. The van der Waals surface area contributed by atoms with Gasteiger partial charge in [-0.3, -0.25) is 4.99 Å². The molecule has 1 rings (SSSR count). The summed E-state index contributed by atoms with van der Waals surface area (Å²) < 4.78 is 0. The van der Waals surface area contributed by atoms with Gasteiger partial charge in [0.15, 0.2) is 0 Å². The number of nitrogens with zero attached hydrogens (tertiary/aromatic N) is 1. The van der Waals surface area contributed by atoms with Crippen molar-refractivity contribution < 1.29 is 5.11 Å². The van der Waals surface area contributed by atoms with Gasteiger partial charge in [-0.05, 0) is 31.7 Å². The Bertz CT molecular complexity index is 331. The predicted molar refractivity (Wildman–Crippen MR) is 92.5 cm³/mol. The van der Waals surface area contributed by atoms with Gasteiger partial charge in [0.25, 0.3) is 0 Å². The van der Waals surface area contributed by atoms with Gasteiger partial charge in [0.1, 0.15) is 0 Å². The van der Waals surface area contributed by atoms with E-state index in [9.17, 15) is 5.11 Å². The minimum Gasteiger partial charge on any atom is -0.390 e. The Morgan fingerprint density at radius 2 is 1.70 bits per heavy atom. The van der Waals surface area contributed by atoms with Crippen LogP contribution in [0, 0.1) is 5.92 Å². The van der Waals surface area contributed by atoms with E-state index < -0.39 is 13.7 Å². The van der Waals surface area contributed by atoms with Gasteiger partial charge in [-0.2, -0.15) is 0 Å². The zero-order chi connectivity index (χ0) is 15.6. The van der Waals surface area contributed by atoms with Crippen LogP contribution in [0.3, 0.4) is 0 Å². The molecule has 1 aliphatic rings. The van der Waals surface area contributed by atoms with Crippen LogP contribution in [-0.4, -0.2) is 30.5 Å². The molecule has 0 aromatic carbocycles. The van der Waals surface area contributed by atoms with Crippen LogP contribution in [0.15, 0.2) is 4.99 Å². The van der Waals surface area contributed by atoms with Gasteiger partial charge in [0.2, 0.25) is 0 Å². The van der Waals surface area contributed by atoms with Crippen molar-refractivity contribution in [3.05, 3.63) is 0 Å². The maximum atomic E-state index is 10.1. The Kier molecular flexibility index (Phi) is 6.03. The first-order chi connectivity index (χ1) is 9.19. The molecule has 0 radical (unpaired) electrons. The van der Waals surface area contributed by atoms with E-state index in [1.54, 1.807) is 0 Å². The Morgan fingerprint density at radius 1 is 1.20 bits per heavy atom. The lowest BCUT2D eigenvalue weighted by atomic mass is 9.98. The number of rotatable bonds is 7. The molecule has 0 saturated heterocycles. The van der Waals surface area contributed by atoms with Gasteiger partial charge in [0.05, 0.1) is 19.7 Å². The number of hydrogen-bond acceptors (Lipinski definition) is 2. The lowest BCUT2D eigenvalue weighted by molar-refractivity contribution is 0.0883. The van der Waals surface area contributed by atoms with Crippen LogP contribution >= 0.6 is 0 Å². The molecule has 0 aromatic heterocycles. The minimum absolute atomic E-state index is 0.499. The van der Waals surface area contributed by atoms with Crippen LogP contribution < -0.4 is 0 Å². The summed E-state index contributed by atoms with van der Waals surface area (Å²) in [5, 5.41) is 10.1. The third-order valence-electron chi connectivity index (χ3n) is 5.42. The molecule has 0 aromatic rings. The van der Waals surface area contributed by atoms with Gasteiger partial charge in [-0.1, -0.05) is 52.8 Å². The smallest absolute Gasteiger partial charge is 0.0643 e. The average molecular weight is 298 g/mol. The number of hydrogen-bond donors (Lipinski definition) is 1. The van der Waals surface area contributed by atoms with Crippen molar-refractivity contribution in [2.45, 2.75) is 96.6 Å². The van der Waals surface area contributed by atoms with Crippen molar-refractivity contribution in [2.24, 2.45) is 10.9 Å². The Labute approximate surface area is 127 Å². The van der Waals surface area contributed by atoms with Crippen molar-refractivity contribution in [3.63, 3.8) is 0 Å². The quantitative estimate of drug-likeness (QED) is 0.666. The second kappa shape index (κ2) is 6.74. The van der Waals surface area contributed by atoms with Crippen LogP contribution in [0.25, 0.3) is 0 Å². The third kappa shape index (κ3) is 3.94. The number of aliphatic imine (C=N–C) groups is 1. The first kappa shape index (κ1) is 17.9. The van der Waals surface area contributed by atoms with E-state index in [1.807, 2.05) is 13.8 Å². The highest BCUT2D eigenvalue weighted by molar-refractivity contribution is 6.81. The van der Waals surface area contributed by atoms with E-state index in [-0.39, 0.29) is 0 Å². The molecule has 0 aliphatic carbocycles. The molecule has 0 amide bonds. The first-order valence-electron chi connectivity index (χ1n) is 8.47. The molecule has 3 heteroatoms. The highest BCUT2D eigenvalue weighted by atomic mass is 28.3. The molecule has 0 fully saturated rings. The number of aliphatic hydroxyl groups is 1. The molecule has 1 heterocycles. The third-order valence-corrected chi connectivity index (χ3v) is 11.8. The van der Waals surface area contributed by atoms with Crippen molar-refractivity contribution >= 4 is 13.8 Å². The normalized spacial score (nSPS) is 24.4. The summed E-state index contributed by atoms with van der Waals surface area (Å²) in [5.41, 5.74) is 1.44. The first-order valence-corrected chi connectivity index (χ1v) is 11.2. The van der Waals surface area contributed by atoms with Crippen LogP contribution in [0.5, 0.6) is 0 Å². The van der Waals surface area contributed by atoms with Crippen molar-refractivity contribution in [1.82, 2.24) is 0 Å². The summed E-state index contributed by atoms with van der Waals surface area (Å²) in [6.45, 7) is 15.6. The highest BCUT2D eigenvalue weighted by Gasteiger charge is 2.45. The van der Waals surface area contributed by atoms with E-state index in [4.69, 9.17) is 4.99 Å². The standard InChI is InChI=1S/C17H35NOSi/c1-8-20(9-2,10-3)15-11-14(12-17(6,7)19)18-16(15)13(4)5/h13,15-16,19H,8-12H2,1-7H3/t15-,16+/m0/s1. The topological polar surface area (TPSA) is 32.6 Å². The van der Waals surface area contributed by atoms with Crippen LogP contribution in [0.4, 0.5) is 0 Å². The Morgan fingerprint density at radius 3 is 2.05 bits per heavy atom. The summed E-state index contributed by atoms with van der Waals surface area (Å²) in [4.78, 5) is 5.06. The van der Waals surface area contributed by atoms with Crippen molar-refractivity contribution in [2.75, 3.05) is 0 Å². The zero-order valence-electron chi connectivity index (χ0n) is 14.7. The monoisotopic (exact) mass is 297 g/mol.